The molecule has 1 aromatic heterocycles. The lowest BCUT2D eigenvalue weighted by Gasteiger charge is -2.23. The fourth-order valence-corrected chi connectivity index (χ4v) is 4.39. The second kappa shape index (κ2) is 9.65. The van der Waals surface area contributed by atoms with Crippen LogP contribution >= 0.6 is 11.3 Å². The number of carbonyl (C=O) groups excluding carboxylic acids is 2. The number of anilines is 1. The molecule has 9 heteroatoms. The number of halogens is 1. The first-order chi connectivity index (χ1) is 15.1. The Kier molecular flexibility index (Phi) is 6.51. The standard InChI is InChI=1S/C22H22FN5O2S/c23-16-8-10-17(11-9-16)25-19(29)21-27-26-20(31-21)18-7-4-14-28(18)22(30)24-13-12-15-5-2-1-3-6-15/h1-3,5-6,8-11,18H,4,7,12-14H2,(H,24,30)(H,25,29). The summed E-state index contributed by atoms with van der Waals surface area (Å²) in [5.74, 6) is -0.785. The second-order valence-corrected chi connectivity index (χ2v) is 8.23. The summed E-state index contributed by atoms with van der Waals surface area (Å²) in [6.45, 7) is 1.19. The molecule has 2 heterocycles. The van der Waals surface area contributed by atoms with Gasteiger partial charge in [0.1, 0.15) is 10.8 Å². The minimum Gasteiger partial charge on any atom is -0.338 e. The van der Waals surface area contributed by atoms with E-state index in [1.807, 2.05) is 30.3 Å². The van der Waals surface area contributed by atoms with Crippen molar-refractivity contribution in [3.8, 4) is 0 Å². The lowest BCUT2D eigenvalue weighted by atomic mass is 10.1. The van der Waals surface area contributed by atoms with E-state index in [0.29, 0.717) is 23.8 Å². The molecule has 0 radical (unpaired) electrons. The van der Waals surface area contributed by atoms with Crippen LogP contribution in [0.15, 0.2) is 54.6 Å². The number of nitrogens with one attached hydrogen (secondary N) is 2. The van der Waals surface area contributed by atoms with Gasteiger partial charge in [0, 0.05) is 18.8 Å². The van der Waals surface area contributed by atoms with Crippen molar-refractivity contribution in [1.82, 2.24) is 20.4 Å². The van der Waals surface area contributed by atoms with Crippen LogP contribution in [0.25, 0.3) is 0 Å². The van der Waals surface area contributed by atoms with E-state index in [9.17, 15) is 14.0 Å². The quantitative estimate of drug-likeness (QED) is 0.607. The molecule has 3 amide bonds. The molecule has 3 aromatic rings. The van der Waals surface area contributed by atoms with Crippen LogP contribution in [0, 0.1) is 5.82 Å². The number of carbonyl (C=O) groups is 2. The van der Waals surface area contributed by atoms with E-state index in [1.54, 1.807) is 4.90 Å². The van der Waals surface area contributed by atoms with Crippen LogP contribution in [0.5, 0.6) is 0 Å². The van der Waals surface area contributed by atoms with Crippen LogP contribution in [0.3, 0.4) is 0 Å². The third-order valence-electron chi connectivity index (χ3n) is 5.07. The maximum atomic E-state index is 13.0. The predicted octanol–water partition coefficient (Wildman–Crippen LogP) is 4.02. The Morgan fingerprint density at radius 1 is 1.10 bits per heavy atom. The third kappa shape index (κ3) is 5.24. The van der Waals surface area contributed by atoms with E-state index < -0.39 is 5.91 Å². The largest absolute Gasteiger partial charge is 0.338 e. The maximum Gasteiger partial charge on any atom is 0.318 e. The van der Waals surface area contributed by atoms with Gasteiger partial charge in [0.05, 0.1) is 6.04 Å². The van der Waals surface area contributed by atoms with Crippen molar-refractivity contribution in [2.45, 2.75) is 25.3 Å². The SMILES string of the molecule is O=C(Nc1ccc(F)cc1)c1nnc(C2CCCN2C(=O)NCCc2ccccc2)s1. The molecule has 0 spiro atoms. The zero-order valence-corrected chi connectivity index (χ0v) is 17.6. The van der Waals surface area contributed by atoms with E-state index in [2.05, 4.69) is 20.8 Å². The Hall–Kier alpha value is -3.33. The summed E-state index contributed by atoms with van der Waals surface area (Å²) in [6, 6.07) is 15.2. The molecule has 1 atom stereocenters. The molecule has 2 aromatic carbocycles. The van der Waals surface area contributed by atoms with Crippen molar-refractivity contribution < 1.29 is 14.0 Å². The topological polar surface area (TPSA) is 87.2 Å². The second-order valence-electron chi connectivity index (χ2n) is 7.23. The Morgan fingerprint density at radius 3 is 2.65 bits per heavy atom. The number of hydrogen-bond donors (Lipinski definition) is 2. The molecule has 0 saturated carbocycles. The molecule has 1 fully saturated rings. The number of benzene rings is 2. The summed E-state index contributed by atoms with van der Waals surface area (Å²) in [5, 5.41) is 14.6. The first-order valence-electron chi connectivity index (χ1n) is 10.1. The van der Waals surface area contributed by atoms with Gasteiger partial charge in [0.15, 0.2) is 0 Å². The van der Waals surface area contributed by atoms with Gasteiger partial charge in [-0.2, -0.15) is 0 Å². The van der Waals surface area contributed by atoms with Gasteiger partial charge in [-0.1, -0.05) is 41.7 Å². The monoisotopic (exact) mass is 439 g/mol. The van der Waals surface area contributed by atoms with Crippen LogP contribution in [-0.2, 0) is 6.42 Å². The minimum atomic E-state index is -0.410. The van der Waals surface area contributed by atoms with Crippen molar-refractivity contribution in [2.24, 2.45) is 0 Å². The summed E-state index contributed by atoms with van der Waals surface area (Å²) >= 11 is 1.17. The molecule has 0 bridgehead atoms. The van der Waals surface area contributed by atoms with Crippen LogP contribution in [0.1, 0.15) is 39.3 Å². The molecular weight excluding hydrogens is 417 g/mol. The smallest absolute Gasteiger partial charge is 0.318 e. The molecule has 31 heavy (non-hydrogen) atoms. The van der Waals surface area contributed by atoms with Crippen molar-refractivity contribution in [3.05, 3.63) is 76.0 Å². The highest BCUT2D eigenvalue weighted by Crippen LogP contribution is 2.33. The highest BCUT2D eigenvalue weighted by molar-refractivity contribution is 7.13. The zero-order chi connectivity index (χ0) is 21.6. The first kappa shape index (κ1) is 20.9. The number of likely N-dealkylation sites (tertiary alicyclic amines) is 1. The molecule has 1 aliphatic rings. The summed E-state index contributed by atoms with van der Waals surface area (Å²) in [5.41, 5.74) is 1.64. The number of urea groups is 1. The van der Waals surface area contributed by atoms with Crippen LogP contribution < -0.4 is 10.6 Å². The molecule has 7 nitrogen and oxygen atoms in total. The van der Waals surface area contributed by atoms with Crippen molar-refractivity contribution in [1.29, 1.82) is 0 Å². The Bertz CT molecular complexity index is 1040. The van der Waals surface area contributed by atoms with Crippen molar-refractivity contribution in [3.63, 3.8) is 0 Å². The average Bonchev–Trinajstić information content (AvgIpc) is 3.46. The van der Waals surface area contributed by atoms with Gasteiger partial charge in [0.25, 0.3) is 5.91 Å². The molecule has 0 aliphatic carbocycles. The lowest BCUT2D eigenvalue weighted by Crippen LogP contribution is -2.40. The molecule has 4 rings (SSSR count). The molecule has 1 saturated heterocycles. The predicted molar refractivity (Wildman–Crippen MR) is 116 cm³/mol. The van der Waals surface area contributed by atoms with Gasteiger partial charge in [-0.3, -0.25) is 4.79 Å². The van der Waals surface area contributed by atoms with Gasteiger partial charge >= 0.3 is 6.03 Å². The average molecular weight is 440 g/mol. The zero-order valence-electron chi connectivity index (χ0n) is 16.8. The minimum absolute atomic E-state index is 0.133. The van der Waals surface area contributed by atoms with Crippen LogP contribution in [-0.4, -0.2) is 40.1 Å². The van der Waals surface area contributed by atoms with Gasteiger partial charge in [-0.05, 0) is 49.1 Å². The fourth-order valence-electron chi connectivity index (χ4n) is 3.51. The van der Waals surface area contributed by atoms with E-state index in [-0.39, 0.29) is 22.9 Å². The van der Waals surface area contributed by atoms with E-state index >= 15 is 0 Å². The summed E-state index contributed by atoms with van der Waals surface area (Å²) in [7, 11) is 0. The number of hydrogen-bond acceptors (Lipinski definition) is 5. The van der Waals surface area contributed by atoms with Crippen LogP contribution in [0.4, 0.5) is 14.9 Å². The Labute approximate surface area is 183 Å². The van der Waals surface area contributed by atoms with E-state index in [0.717, 1.165) is 19.3 Å². The molecule has 1 unspecified atom stereocenters. The lowest BCUT2D eigenvalue weighted by molar-refractivity contribution is 0.102. The Morgan fingerprint density at radius 2 is 1.87 bits per heavy atom. The summed E-state index contributed by atoms with van der Waals surface area (Å²) < 4.78 is 13.0. The third-order valence-corrected chi connectivity index (χ3v) is 6.09. The molecule has 1 aliphatic heterocycles. The fraction of sp³-hybridized carbons (Fsp3) is 0.273. The summed E-state index contributed by atoms with van der Waals surface area (Å²) in [4.78, 5) is 26.9. The molecule has 2 N–H and O–H groups in total. The van der Waals surface area contributed by atoms with Crippen molar-refractivity contribution in [2.75, 3.05) is 18.4 Å². The number of aromatic nitrogens is 2. The highest BCUT2D eigenvalue weighted by atomic mass is 32.1. The number of amides is 3. The maximum absolute atomic E-state index is 13.0. The first-order valence-corrected chi connectivity index (χ1v) is 10.9. The van der Waals surface area contributed by atoms with Crippen molar-refractivity contribution >= 4 is 29.0 Å². The number of nitrogens with zero attached hydrogens (tertiary/aromatic N) is 3. The molecular formula is C22H22FN5O2S. The summed E-state index contributed by atoms with van der Waals surface area (Å²) in [6.07, 6.45) is 2.41. The van der Waals surface area contributed by atoms with E-state index in [1.165, 1.54) is 41.2 Å². The van der Waals surface area contributed by atoms with Gasteiger partial charge in [0.2, 0.25) is 5.01 Å². The van der Waals surface area contributed by atoms with Gasteiger partial charge in [-0.25, -0.2) is 9.18 Å². The molecule has 160 valence electrons. The van der Waals surface area contributed by atoms with Gasteiger partial charge < -0.3 is 15.5 Å². The highest BCUT2D eigenvalue weighted by Gasteiger charge is 2.33. The van der Waals surface area contributed by atoms with Gasteiger partial charge in [-0.15, -0.1) is 10.2 Å². The van der Waals surface area contributed by atoms with E-state index in [4.69, 9.17) is 0 Å². The Balaban J connectivity index is 1.35. The van der Waals surface area contributed by atoms with Crippen LogP contribution in [0.2, 0.25) is 0 Å². The normalized spacial score (nSPS) is 15.6. The number of rotatable bonds is 6.